The third-order valence-electron chi connectivity index (χ3n) is 6.17. The summed E-state index contributed by atoms with van der Waals surface area (Å²) in [7, 11) is 0. The Morgan fingerprint density at radius 1 is 1.28 bits per heavy atom. The molecule has 3 aliphatic rings. The van der Waals surface area contributed by atoms with Crippen LogP contribution in [0.2, 0.25) is 0 Å². The fourth-order valence-electron chi connectivity index (χ4n) is 4.74. The second-order valence-electron chi connectivity index (χ2n) is 8.16. The lowest BCUT2D eigenvalue weighted by molar-refractivity contribution is -0.137. The van der Waals surface area contributed by atoms with Gasteiger partial charge in [0.25, 0.3) is 0 Å². The van der Waals surface area contributed by atoms with E-state index in [2.05, 4.69) is 10.3 Å². The number of likely N-dealkylation sites (tertiary alicyclic amines) is 1. The van der Waals surface area contributed by atoms with Crippen LogP contribution in [0.1, 0.15) is 16.7 Å². The van der Waals surface area contributed by atoms with E-state index in [0.29, 0.717) is 19.6 Å². The lowest BCUT2D eigenvalue weighted by Gasteiger charge is -2.23. The van der Waals surface area contributed by atoms with E-state index in [4.69, 9.17) is 4.74 Å². The molecule has 1 aromatic heterocycles. The van der Waals surface area contributed by atoms with E-state index < -0.39 is 17.4 Å². The zero-order valence-electron chi connectivity index (χ0n) is 16.2. The lowest BCUT2D eigenvalue weighted by atomic mass is 9.77. The first-order valence-electron chi connectivity index (χ1n) is 9.94. The number of amides is 2. The average Bonchev–Trinajstić information content (AvgIpc) is 3.37. The molecule has 29 heavy (non-hydrogen) atoms. The predicted molar refractivity (Wildman–Crippen MR) is 106 cm³/mol. The minimum absolute atomic E-state index is 0.000970. The highest BCUT2D eigenvalue weighted by atomic mass is 16.5. The Morgan fingerprint density at radius 2 is 2.10 bits per heavy atom. The maximum absolute atomic E-state index is 13.3. The molecule has 6 heteroatoms. The van der Waals surface area contributed by atoms with Gasteiger partial charge in [0, 0.05) is 25.5 Å². The number of carbonyl (C=O) groups is 2. The van der Waals surface area contributed by atoms with Crippen LogP contribution in [0.4, 0.5) is 0 Å². The zero-order chi connectivity index (χ0) is 20.0. The first kappa shape index (κ1) is 18.1. The van der Waals surface area contributed by atoms with Crippen molar-refractivity contribution in [2.24, 2.45) is 11.8 Å². The van der Waals surface area contributed by atoms with Gasteiger partial charge >= 0.3 is 0 Å². The van der Waals surface area contributed by atoms with E-state index in [1.165, 1.54) is 5.56 Å². The van der Waals surface area contributed by atoms with Gasteiger partial charge in [0.2, 0.25) is 11.8 Å². The van der Waals surface area contributed by atoms with Crippen molar-refractivity contribution in [1.82, 2.24) is 15.2 Å². The van der Waals surface area contributed by atoms with Crippen LogP contribution in [0.25, 0.3) is 0 Å². The molecule has 1 aromatic carbocycles. The monoisotopic (exact) mass is 389 g/mol. The Bertz CT molecular complexity index is 973. The summed E-state index contributed by atoms with van der Waals surface area (Å²) in [6.45, 7) is 3.45. The number of carbonyl (C=O) groups excluding carboxylic acids is 2. The molecular formula is C23H23N3O3. The second-order valence-corrected chi connectivity index (χ2v) is 8.16. The molecule has 2 saturated heterocycles. The maximum Gasteiger partial charge on any atom is 0.230 e. The highest BCUT2D eigenvalue weighted by molar-refractivity contribution is 5.93. The molecule has 1 spiro atoms. The quantitative estimate of drug-likeness (QED) is 0.794. The molecule has 4 atom stereocenters. The van der Waals surface area contributed by atoms with Crippen molar-refractivity contribution in [1.29, 1.82) is 0 Å². The molecule has 2 bridgehead atoms. The van der Waals surface area contributed by atoms with E-state index in [0.717, 1.165) is 11.1 Å². The molecule has 0 radical (unpaired) electrons. The zero-order valence-corrected chi connectivity index (χ0v) is 16.2. The van der Waals surface area contributed by atoms with E-state index in [1.807, 2.05) is 60.4 Å². The van der Waals surface area contributed by atoms with Crippen molar-refractivity contribution < 1.29 is 14.3 Å². The number of hydrogen-bond acceptors (Lipinski definition) is 4. The molecule has 4 heterocycles. The van der Waals surface area contributed by atoms with Crippen molar-refractivity contribution in [3.05, 3.63) is 77.6 Å². The number of fused-ring (bicyclic) bond motifs is 1. The van der Waals surface area contributed by atoms with Crippen LogP contribution in [-0.4, -0.2) is 39.9 Å². The van der Waals surface area contributed by atoms with Crippen LogP contribution in [-0.2, 0) is 27.4 Å². The largest absolute Gasteiger partial charge is 0.360 e. The summed E-state index contributed by atoms with van der Waals surface area (Å²) in [5.41, 5.74) is 2.51. The predicted octanol–water partition coefficient (Wildman–Crippen LogP) is 1.99. The molecule has 3 aliphatic heterocycles. The minimum atomic E-state index is -0.678. The standard InChI is InChI=1S/C23H23N3O3/c1-15-4-6-16(7-5-15)13-26-14-23-9-8-18(29-23)19(20(23)22(26)28)21(27)25-12-17-3-2-10-24-11-17/h2-11,18-20H,12-14H2,1H3,(H,25,27)/t18-,19?,20-,23?/m0/s1. The summed E-state index contributed by atoms with van der Waals surface area (Å²) in [5, 5.41) is 2.96. The molecule has 0 aliphatic carbocycles. The summed E-state index contributed by atoms with van der Waals surface area (Å²) in [6.07, 6.45) is 7.01. The number of nitrogens with zero attached hydrogens (tertiary/aromatic N) is 2. The third-order valence-corrected chi connectivity index (χ3v) is 6.17. The molecule has 2 fully saturated rings. The summed E-state index contributed by atoms with van der Waals surface area (Å²) < 4.78 is 6.18. The van der Waals surface area contributed by atoms with Gasteiger partial charge in [-0.1, -0.05) is 48.0 Å². The van der Waals surface area contributed by atoms with E-state index in [1.54, 1.807) is 12.4 Å². The van der Waals surface area contributed by atoms with Crippen molar-refractivity contribution in [3.63, 3.8) is 0 Å². The van der Waals surface area contributed by atoms with Gasteiger partial charge in [-0.15, -0.1) is 0 Å². The van der Waals surface area contributed by atoms with Gasteiger partial charge in [0.15, 0.2) is 0 Å². The highest BCUT2D eigenvalue weighted by Gasteiger charge is 2.66. The molecular weight excluding hydrogens is 366 g/mol. The molecule has 2 aromatic rings. The Labute approximate surface area is 169 Å². The summed E-state index contributed by atoms with van der Waals surface area (Å²) in [4.78, 5) is 32.1. The summed E-state index contributed by atoms with van der Waals surface area (Å²) in [5.74, 6) is -1.09. The number of ether oxygens (including phenoxy) is 1. The fraction of sp³-hybridized carbons (Fsp3) is 0.348. The average molecular weight is 389 g/mol. The number of hydrogen-bond donors (Lipinski definition) is 1. The Balaban J connectivity index is 1.32. The summed E-state index contributed by atoms with van der Waals surface area (Å²) in [6, 6.07) is 11.9. The van der Waals surface area contributed by atoms with Crippen LogP contribution < -0.4 is 5.32 Å². The van der Waals surface area contributed by atoms with E-state index >= 15 is 0 Å². The number of benzene rings is 1. The maximum atomic E-state index is 13.3. The summed E-state index contributed by atoms with van der Waals surface area (Å²) >= 11 is 0. The second kappa shape index (κ2) is 6.81. The number of pyridine rings is 1. The fourth-order valence-corrected chi connectivity index (χ4v) is 4.74. The van der Waals surface area contributed by atoms with Crippen LogP contribution in [0.15, 0.2) is 60.9 Å². The van der Waals surface area contributed by atoms with Crippen molar-refractivity contribution in [2.45, 2.75) is 31.7 Å². The van der Waals surface area contributed by atoms with Gasteiger partial charge in [0.1, 0.15) is 5.60 Å². The third kappa shape index (κ3) is 3.04. The van der Waals surface area contributed by atoms with E-state index in [-0.39, 0.29) is 17.9 Å². The van der Waals surface area contributed by atoms with Gasteiger partial charge < -0.3 is 15.0 Å². The molecule has 0 saturated carbocycles. The van der Waals surface area contributed by atoms with Gasteiger partial charge in [-0.2, -0.15) is 0 Å². The molecule has 6 nitrogen and oxygen atoms in total. The minimum Gasteiger partial charge on any atom is -0.360 e. The van der Waals surface area contributed by atoms with Gasteiger partial charge in [-0.25, -0.2) is 0 Å². The number of nitrogens with one attached hydrogen (secondary N) is 1. The van der Waals surface area contributed by atoms with Crippen LogP contribution in [0.5, 0.6) is 0 Å². The first-order valence-corrected chi connectivity index (χ1v) is 9.94. The van der Waals surface area contributed by atoms with E-state index in [9.17, 15) is 9.59 Å². The van der Waals surface area contributed by atoms with Gasteiger partial charge in [-0.05, 0) is 24.1 Å². The molecule has 1 N–H and O–H groups in total. The van der Waals surface area contributed by atoms with Gasteiger partial charge in [0.05, 0.1) is 24.5 Å². The highest BCUT2D eigenvalue weighted by Crippen LogP contribution is 2.52. The Kier molecular flexibility index (Phi) is 4.24. The Morgan fingerprint density at radius 3 is 2.86 bits per heavy atom. The van der Waals surface area contributed by atoms with Crippen LogP contribution in [0, 0.1) is 18.8 Å². The van der Waals surface area contributed by atoms with Crippen LogP contribution in [0.3, 0.4) is 0 Å². The number of aromatic nitrogens is 1. The molecule has 5 rings (SSSR count). The van der Waals surface area contributed by atoms with Crippen molar-refractivity contribution in [2.75, 3.05) is 6.54 Å². The first-order chi connectivity index (χ1) is 14.1. The molecule has 2 amide bonds. The smallest absolute Gasteiger partial charge is 0.230 e. The SMILES string of the molecule is Cc1ccc(CN2CC34C=C[C@H](O3)C(C(=O)NCc3cccnc3)[C@H]4C2=O)cc1. The van der Waals surface area contributed by atoms with Crippen molar-refractivity contribution >= 4 is 11.8 Å². The van der Waals surface area contributed by atoms with Gasteiger partial charge in [-0.3, -0.25) is 14.6 Å². The lowest BCUT2D eigenvalue weighted by Crippen LogP contribution is -2.43. The topological polar surface area (TPSA) is 71.5 Å². The normalized spacial score (nSPS) is 29.3. The molecule has 2 unspecified atom stereocenters. The number of rotatable bonds is 5. The molecule has 148 valence electrons. The van der Waals surface area contributed by atoms with Crippen molar-refractivity contribution in [3.8, 4) is 0 Å². The Hall–Kier alpha value is -2.99. The van der Waals surface area contributed by atoms with Crippen LogP contribution >= 0.6 is 0 Å². The number of aryl methyl sites for hydroxylation is 1.